The fourth-order valence-electron chi connectivity index (χ4n) is 6.30. The number of pyridine rings is 2. The van der Waals surface area contributed by atoms with E-state index in [1.165, 1.54) is 45.0 Å². The Hall–Kier alpha value is -3.14. The van der Waals surface area contributed by atoms with Gasteiger partial charge < -0.3 is 5.11 Å². The number of nitrogens with zero attached hydrogens (tertiary/aromatic N) is 2. The maximum absolute atomic E-state index is 12.2. The average Bonchev–Trinajstić information content (AvgIpc) is 3.09. The van der Waals surface area contributed by atoms with Crippen LogP contribution in [0, 0.1) is 16.9 Å². The minimum Gasteiger partial charge on any atom is -0.512 e. The number of rotatable bonds is 9. The number of allylic oxidation sites excluding steroid dienone is 2. The minimum atomic E-state index is -0.337. The standard InChI is InChI=1S/C29H29N2.C15H28O2.Ir/c1-18(2)27-14-20-10-11-21-16-30-28(15-24(21)25(20)17-31-27)22-12-19-8-6-7-9-23(19)26(13-22)29(3,4)5;1-7-14(5,8-2)12(16)11-13(17)15(6,9-3)10-4;/h6-9,13-18H,10-11H2,1-5H3;11,16H,7-10H2,1-6H3;/q-1;;/b;12-11-;. The van der Waals surface area contributed by atoms with E-state index in [1.807, 2.05) is 41.5 Å². The van der Waals surface area contributed by atoms with Gasteiger partial charge in [0.2, 0.25) is 0 Å². The van der Waals surface area contributed by atoms with Gasteiger partial charge in [-0.1, -0.05) is 111 Å². The second-order valence-electron chi connectivity index (χ2n) is 15.5. The Kier molecular flexibility index (Phi) is 13.4. The van der Waals surface area contributed by atoms with E-state index in [-0.39, 0.29) is 47.9 Å². The topological polar surface area (TPSA) is 63.1 Å². The Labute approximate surface area is 309 Å². The number of ketones is 1. The molecular weight excluding hydrogens is 781 g/mol. The Morgan fingerprint density at radius 3 is 2.04 bits per heavy atom. The van der Waals surface area contributed by atoms with Crippen LogP contribution in [0.2, 0.25) is 0 Å². The Morgan fingerprint density at radius 1 is 0.837 bits per heavy atom. The summed E-state index contributed by atoms with van der Waals surface area (Å²) in [5, 5.41) is 12.6. The Balaban J connectivity index is 0.000000312. The van der Waals surface area contributed by atoms with Crippen molar-refractivity contribution in [1.82, 2.24) is 9.97 Å². The second kappa shape index (κ2) is 16.3. The monoisotopic (exact) mass is 838 g/mol. The molecule has 5 heteroatoms. The predicted molar refractivity (Wildman–Crippen MR) is 203 cm³/mol. The summed E-state index contributed by atoms with van der Waals surface area (Å²) in [6.07, 6.45) is 11.0. The van der Waals surface area contributed by atoms with Crippen LogP contribution < -0.4 is 0 Å². The molecule has 1 radical (unpaired) electrons. The summed E-state index contributed by atoms with van der Waals surface area (Å²) in [5.41, 5.74) is 9.23. The van der Waals surface area contributed by atoms with Gasteiger partial charge >= 0.3 is 0 Å². The van der Waals surface area contributed by atoms with Gasteiger partial charge in [0.25, 0.3) is 0 Å². The molecule has 0 spiro atoms. The maximum Gasteiger partial charge on any atom is 0.164 e. The van der Waals surface area contributed by atoms with Crippen LogP contribution in [0.4, 0.5) is 0 Å². The van der Waals surface area contributed by atoms with Crippen molar-refractivity contribution in [2.75, 3.05) is 0 Å². The molecule has 0 aliphatic heterocycles. The summed E-state index contributed by atoms with van der Waals surface area (Å²) >= 11 is 0. The summed E-state index contributed by atoms with van der Waals surface area (Å²) < 4.78 is 0. The zero-order valence-electron chi connectivity index (χ0n) is 31.7. The third-order valence-electron chi connectivity index (χ3n) is 11.0. The maximum atomic E-state index is 12.2. The van der Waals surface area contributed by atoms with Crippen molar-refractivity contribution >= 4 is 16.6 Å². The second-order valence-corrected chi connectivity index (χ2v) is 15.5. The largest absolute Gasteiger partial charge is 0.512 e. The SMILES string of the molecule is CC(C)c1cc2c(cn1)-c1cc(-c3[c-]c4ccccc4c(C(C)(C)C)c3)ncc1CC2.CCC(C)(CC)C(=O)/C=C(\O)C(C)(CC)CC.[Ir]. The molecule has 2 aromatic carbocycles. The van der Waals surface area contributed by atoms with E-state index in [0.29, 0.717) is 5.92 Å². The van der Waals surface area contributed by atoms with E-state index < -0.39 is 0 Å². The molecule has 0 atom stereocenters. The Bertz CT molecular complexity index is 1790. The number of fused-ring (bicyclic) bond motifs is 4. The third-order valence-corrected chi connectivity index (χ3v) is 11.0. The molecule has 2 heterocycles. The minimum absolute atomic E-state index is 0. The van der Waals surface area contributed by atoms with E-state index in [0.717, 1.165) is 55.2 Å². The molecule has 5 rings (SSSR count). The van der Waals surface area contributed by atoms with Crippen molar-refractivity contribution in [1.29, 1.82) is 0 Å². The number of aromatic nitrogens is 2. The first-order valence-electron chi connectivity index (χ1n) is 18.0. The quantitative estimate of drug-likeness (QED) is 0.104. The first-order valence-corrected chi connectivity index (χ1v) is 18.0. The first-order chi connectivity index (χ1) is 22.6. The van der Waals surface area contributed by atoms with Crippen LogP contribution in [0.1, 0.15) is 130 Å². The van der Waals surface area contributed by atoms with E-state index in [2.05, 4.69) is 95.5 Å². The summed E-state index contributed by atoms with van der Waals surface area (Å²) in [4.78, 5) is 21.8. The van der Waals surface area contributed by atoms with E-state index in [4.69, 9.17) is 9.97 Å². The number of aliphatic hydroxyl groups is 1. The van der Waals surface area contributed by atoms with Gasteiger partial charge in [0.15, 0.2) is 5.78 Å². The van der Waals surface area contributed by atoms with Gasteiger partial charge in [0, 0.05) is 66.4 Å². The van der Waals surface area contributed by atoms with Gasteiger partial charge in [-0.05, 0) is 72.6 Å². The molecule has 4 nitrogen and oxygen atoms in total. The fourth-order valence-corrected chi connectivity index (χ4v) is 6.30. The van der Waals surface area contributed by atoms with Gasteiger partial charge in [0.1, 0.15) is 5.76 Å². The first kappa shape index (κ1) is 40.3. The molecule has 1 aliphatic carbocycles. The van der Waals surface area contributed by atoms with Gasteiger partial charge in [-0.25, -0.2) is 0 Å². The third kappa shape index (κ3) is 8.78. The van der Waals surface area contributed by atoms with Gasteiger partial charge in [-0.2, -0.15) is 0 Å². The zero-order valence-corrected chi connectivity index (χ0v) is 34.1. The molecule has 49 heavy (non-hydrogen) atoms. The van der Waals surface area contributed by atoms with Gasteiger partial charge in [0.05, 0.1) is 0 Å². The van der Waals surface area contributed by atoms with Crippen LogP contribution in [0.5, 0.6) is 0 Å². The number of aliphatic hydroxyl groups excluding tert-OH is 1. The van der Waals surface area contributed by atoms with Crippen LogP contribution in [-0.4, -0.2) is 20.9 Å². The molecule has 0 saturated heterocycles. The number of carbonyl (C=O) groups is 1. The number of carbonyl (C=O) groups excluding carboxylic acids is 1. The molecule has 0 fully saturated rings. The molecule has 0 bridgehead atoms. The molecule has 0 amide bonds. The molecular formula is C44H57IrN2O2-. The van der Waals surface area contributed by atoms with Crippen molar-refractivity contribution in [3.05, 3.63) is 95.1 Å². The molecule has 2 aromatic heterocycles. The Morgan fingerprint density at radius 2 is 1.45 bits per heavy atom. The normalized spacial score (nSPS) is 13.3. The van der Waals surface area contributed by atoms with Crippen molar-refractivity contribution in [3.63, 3.8) is 0 Å². The smallest absolute Gasteiger partial charge is 0.164 e. The summed E-state index contributed by atoms with van der Waals surface area (Å²) in [6.45, 7) is 23.3. The summed E-state index contributed by atoms with van der Waals surface area (Å²) in [5.74, 6) is 0.733. The number of hydrogen-bond donors (Lipinski definition) is 1. The molecule has 0 unspecified atom stereocenters. The van der Waals surface area contributed by atoms with Gasteiger partial charge in [-0.3, -0.25) is 14.8 Å². The number of aryl methyl sites for hydroxylation is 2. The van der Waals surface area contributed by atoms with Crippen molar-refractivity contribution in [2.24, 2.45) is 10.8 Å². The average molecular weight is 838 g/mol. The summed E-state index contributed by atoms with van der Waals surface area (Å²) in [7, 11) is 0. The van der Waals surface area contributed by atoms with E-state index in [9.17, 15) is 9.90 Å². The van der Waals surface area contributed by atoms with Crippen molar-refractivity contribution in [3.8, 4) is 22.4 Å². The molecule has 4 aromatic rings. The molecule has 1 N–H and O–H groups in total. The van der Waals surface area contributed by atoms with E-state index in [1.54, 1.807) is 0 Å². The van der Waals surface area contributed by atoms with Crippen molar-refractivity contribution < 1.29 is 30.0 Å². The zero-order chi connectivity index (χ0) is 35.4. The predicted octanol–water partition coefficient (Wildman–Crippen LogP) is 11.9. The van der Waals surface area contributed by atoms with Crippen LogP contribution in [0.3, 0.4) is 0 Å². The van der Waals surface area contributed by atoms with Crippen molar-refractivity contribution in [2.45, 2.75) is 126 Å². The summed E-state index contributed by atoms with van der Waals surface area (Å²) in [6, 6.07) is 19.0. The van der Waals surface area contributed by atoms with Crippen LogP contribution in [0.25, 0.3) is 33.2 Å². The molecule has 0 saturated carbocycles. The molecule has 1 aliphatic rings. The van der Waals surface area contributed by atoms with Crippen LogP contribution in [0.15, 0.2) is 66.7 Å². The number of benzene rings is 2. The fraction of sp³-hybridized carbons (Fsp3) is 0.477. The molecule has 265 valence electrons. The van der Waals surface area contributed by atoms with Crippen LogP contribution >= 0.6 is 0 Å². The van der Waals surface area contributed by atoms with Crippen LogP contribution in [-0.2, 0) is 43.2 Å². The number of hydrogen-bond acceptors (Lipinski definition) is 4. The van der Waals surface area contributed by atoms with Gasteiger partial charge in [-0.15, -0.1) is 29.1 Å². The van der Waals surface area contributed by atoms with E-state index >= 15 is 0 Å².